The van der Waals surface area contributed by atoms with Gasteiger partial charge in [-0.15, -0.1) is 10.2 Å². The van der Waals surface area contributed by atoms with E-state index in [1.807, 2.05) is 31.2 Å². The predicted molar refractivity (Wildman–Crippen MR) is 93.3 cm³/mol. The third-order valence-corrected chi connectivity index (χ3v) is 4.08. The number of anilines is 1. The van der Waals surface area contributed by atoms with Gasteiger partial charge in [-0.3, -0.25) is 4.57 Å². The molecule has 1 heterocycles. The second-order valence-corrected chi connectivity index (χ2v) is 5.59. The lowest BCUT2D eigenvalue weighted by Gasteiger charge is -2.12. The van der Waals surface area contributed by atoms with Crippen molar-refractivity contribution >= 4 is 5.95 Å². The average molecular weight is 324 g/mol. The van der Waals surface area contributed by atoms with Gasteiger partial charge in [-0.25, -0.2) is 0 Å². The van der Waals surface area contributed by atoms with Gasteiger partial charge in [0.15, 0.2) is 5.82 Å². The van der Waals surface area contributed by atoms with Crippen LogP contribution in [0.25, 0.3) is 17.1 Å². The average Bonchev–Trinajstić information content (AvgIpc) is 2.96. The Bertz CT molecular complexity index is 887. The van der Waals surface area contributed by atoms with Crippen LogP contribution in [0.5, 0.6) is 11.5 Å². The standard InChI is InChI=1S/C18H20N4O2/c1-3-11-6-5-7-13(8-11)22-17(20-21-18(22)19)14-9-12(4-2)15(23)10-16(14)24/h5-10,23-24H,3-4H2,1-2H3,(H2,19,21). The molecular weight excluding hydrogens is 304 g/mol. The Morgan fingerprint density at radius 2 is 1.79 bits per heavy atom. The van der Waals surface area contributed by atoms with E-state index in [1.54, 1.807) is 10.6 Å². The summed E-state index contributed by atoms with van der Waals surface area (Å²) in [5, 5.41) is 28.3. The molecule has 0 saturated heterocycles. The van der Waals surface area contributed by atoms with Crippen LogP contribution >= 0.6 is 0 Å². The molecule has 6 nitrogen and oxygen atoms in total. The van der Waals surface area contributed by atoms with Crippen LogP contribution in [0.2, 0.25) is 0 Å². The summed E-state index contributed by atoms with van der Waals surface area (Å²) in [5.41, 5.74) is 9.21. The van der Waals surface area contributed by atoms with E-state index < -0.39 is 0 Å². The second kappa shape index (κ2) is 6.23. The lowest BCUT2D eigenvalue weighted by molar-refractivity contribution is 0.447. The number of nitrogens with two attached hydrogens (primary N) is 1. The van der Waals surface area contributed by atoms with Crippen LogP contribution in [-0.4, -0.2) is 25.0 Å². The van der Waals surface area contributed by atoms with Crippen molar-refractivity contribution in [3.8, 4) is 28.6 Å². The molecule has 0 radical (unpaired) electrons. The minimum Gasteiger partial charge on any atom is -0.508 e. The molecule has 0 aliphatic rings. The molecule has 3 rings (SSSR count). The topological polar surface area (TPSA) is 97.2 Å². The number of benzene rings is 2. The van der Waals surface area contributed by atoms with E-state index in [0.29, 0.717) is 17.8 Å². The van der Waals surface area contributed by atoms with E-state index in [0.717, 1.165) is 23.2 Å². The van der Waals surface area contributed by atoms with Gasteiger partial charge >= 0.3 is 0 Å². The largest absolute Gasteiger partial charge is 0.508 e. The number of hydrogen-bond donors (Lipinski definition) is 3. The predicted octanol–water partition coefficient (Wildman–Crippen LogP) is 3.05. The van der Waals surface area contributed by atoms with E-state index in [9.17, 15) is 10.2 Å². The Kier molecular flexibility index (Phi) is 4.12. The summed E-state index contributed by atoms with van der Waals surface area (Å²) in [6.45, 7) is 4.01. The summed E-state index contributed by atoms with van der Waals surface area (Å²) in [7, 11) is 0. The maximum Gasteiger partial charge on any atom is 0.226 e. The van der Waals surface area contributed by atoms with Crippen LogP contribution in [0.1, 0.15) is 25.0 Å². The quantitative estimate of drug-likeness (QED) is 0.685. The van der Waals surface area contributed by atoms with E-state index >= 15 is 0 Å². The number of nitrogen functional groups attached to an aromatic ring is 1. The summed E-state index contributed by atoms with van der Waals surface area (Å²) in [5.74, 6) is 0.674. The van der Waals surface area contributed by atoms with Crippen molar-refractivity contribution in [1.82, 2.24) is 14.8 Å². The zero-order chi connectivity index (χ0) is 17.3. The molecule has 0 aliphatic carbocycles. The number of aryl methyl sites for hydroxylation is 2. The van der Waals surface area contributed by atoms with E-state index in [1.165, 1.54) is 6.07 Å². The summed E-state index contributed by atoms with van der Waals surface area (Å²) >= 11 is 0. The van der Waals surface area contributed by atoms with Gasteiger partial charge in [0, 0.05) is 6.07 Å². The van der Waals surface area contributed by atoms with Gasteiger partial charge in [0.1, 0.15) is 11.5 Å². The van der Waals surface area contributed by atoms with Gasteiger partial charge in [-0.2, -0.15) is 0 Å². The number of phenols is 2. The van der Waals surface area contributed by atoms with Gasteiger partial charge in [-0.1, -0.05) is 26.0 Å². The SMILES string of the molecule is CCc1cccc(-n2c(N)nnc2-c2cc(CC)c(O)cc2O)c1. The Labute approximate surface area is 140 Å². The summed E-state index contributed by atoms with van der Waals surface area (Å²) in [6.07, 6.45) is 1.53. The fourth-order valence-corrected chi connectivity index (χ4v) is 2.73. The first-order valence-corrected chi connectivity index (χ1v) is 7.90. The highest BCUT2D eigenvalue weighted by Crippen LogP contribution is 2.36. The van der Waals surface area contributed by atoms with Gasteiger partial charge in [-0.05, 0) is 42.2 Å². The molecule has 0 atom stereocenters. The van der Waals surface area contributed by atoms with Crippen molar-refractivity contribution in [2.75, 3.05) is 5.73 Å². The minimum atomic E-state index is -0.0648. The summed E-state index contributed by atoms with van der Waals surface area (Å²) in [4.78, 5) is 0. The van der Waals surface area contributed by atoms with Gasteiger partial charge in [0.05, 0.1) is 11.3 Å². The first kappa shape index (κ1) is 15.9. The Hall–Kier alpha value is -3.02. The lowest BCUT2D eigenvalue weighted by atomic mass is 10.1. The van der Waals surface area contributed by atoms with Crippen molar-refractivity contribution < 1.29 is 10.2 Å². The molecule has 124 valence electrons. The molecule has 3 aromatic rings. The van der Waals surface area contributed by atoms with Crippen LogP contribution in [0, 0.1) is 0 Å². The Morgan fingerprint density at radius 3 is 2.50 bits per heavy atom. The van der Waals surface area contributed by atoms with Gasteiger partial charge < -0.3 is 15.9 Å². The highest BCUT2D eigenvalue weighted by Gasteiger charge is 2.18. The fourth-order valence-electron chi connectivity index (χ4n) is 2.73. The summed E-state index contributed by atoms with van der Waals surface area (Å²) < 4.78 is 1.70. The van der Waals surface area contributed by atoms with Crippen LogP contribution in [0.3, 0.4) is 0 Å². The molecule has 1 aromatic heterocycles. The number of phenolic OH excluding ortho intramolecular Hbond substituents is 2. The van der Waals surface area contributed by atoms with Crippen LogP contribution in [0.15, 0.2) is 36.4 Å². The third kappa shape index (κ3) is 2.67. The third-order valence-electron chi connectivity index (χ3n) is 4.08. The van der Waals surface area contributed by atoms with Crippen molar-refractivity contribution in [1.29, 1.82) is 0 Å². The number of aromatic nitrogens is 3. The zero-order valence-electron chi connectivity index (χ0n) is 13.7. The molecule has 2 aromatic carbocycles. The lowest BCUT2D eigenvalue weighted by Crippen LogP contribution is -2.03. The normalized spacial score (nSPS) is 10.9. The van der Waals surface area contributed by atoms with Gasteiger partial charge in [0.2, 0.25) is 5.95 Å². The monoisotopic (exact) mass is 324 g/mol. The molecule has 0 fully saturated rings. The highest BCUT2D eigenvalue weighted by atomic mass is 16.3. The minimum absolute atomic E-state index is 0.0609. The summed E-state index contributed by atoms with van der Waals surface area (Å²) in [6, 6.07) is 11.0. The molecule has 4 N–H and O–H groups in total. The number of aromatic hydroxyl groups is 2. The highest BCUT2D eigenvalue weighted by molar-refractivity contribution is 5.70. The molecule has 0 amide bonds. The van der Waals surface area contributed by atoms with Crippen LogP contribution < -0.4 is 5.73 Å². The van der Waals surface area contributed by atoms with E-state index in [-0.39, 0.29) is 17.4 Å². The number of nitrogens with zero attached hydrogens (tertiary/aromatic N) is 3. The molecule has 0 aliphatic heterocycles. The molecule has 24 heavy (non-hydrogen) atoms. The molecule has 0 spiro atoms. The number of rotatable bonds is 4. The van der Waals surface area contributed by atoms with Crippen molar-refractivity contribution in [3.63, 3.8) is 0 Å². The molecular formula is C18H20N4O2. The fraction of sp³-hybridized carbons (Fsp3) is 0.222. The van der Waals surface area contributed by atoms with Crippen molar-refractivity contribution in [3.05, 3.63) is 47.5 Å². The van der Waals surface area contributed by atoms with E-state index in [2.05, 4.69) is 17.1 Å². The maximum atomic E-state index is 10.3. The van der Waals surface area contributed by atoms with Crippen molar-refractivity contribution in [2.45, 2.75) is 26.7 Å². The van der Waals surface area contributed by atoms with E-state index in [4.69, 9.17) is 5.73 Å². The number of hydrogen-bond acceptors (Lipinski definition) is 5. The second-order valence-electron chi connectivity index (χ2n) is 5.59. The first-order chi connectivity index (χ1) is 11.5. The van der Waals surface area contributed by atoms with Gasteiger partial charge in [0.25, 0.3) is 0 Å². The maximum absolute atomic E-state index is 10.3. The first-order valence-electron chi connectivity index (χ1n) is 7.90. The molecule has 0 bridgehead atoms. The Balaban J connectivity index is 2.21. The zero-order valence-corrected chi connectivity index (χ0v) is 13.7. The van der Waals surface area contributed by atoms with Crippen LogP contribution in [0.4, 0.5) is 5.95 Å². The molecule has 6 heteroatoms. The molecule has 0 unspecified atom stereocenters. The smallest absolute Gasteiger partial charge is 0.226 e. The van der Waals surface area contributed by atoms with Crippen molar-refractivity contribution in [2.24, 2.45) is 0 Å². The molecule has 0 saturated carbocycles. The van der Waals surface area contributed by atoms with Crippen LogP contribution in [-0.2, 0) is 12.8 Å². The Morgan fingerprint density at radius 1 is 1.00 bits per heavy atom.